The summed E-state index contributed by atoms with van der Waals surface area (Å²) in [5.41, 5.74) is 2.00. The number of aryl methyl sites for hydroxylation is 2. The van der Waals surface area contributed by atoms with Crippen molar-refractivity contribution in [3.05, 3.63) is 16.1 Å². The number of fused-ring (bicyclic) bond motifs is 3. The van der Waals surface area contributed by atoms with Crippen molar-refractivity contribution in [2.75, 3.05) is 18.5 Å². The number of carbonyl (C=O) groups is 3. The molecule has 7 nitrogen and oxygen atoms in total. The van der Waals surface area contributed by atoms with Crippen molar-refractivity contribution in [3.8, 4) is 0 Å². The maximum absolute atomic E-state index is 13.5. The number of nitrogens with zero attached hydrogens (tertiary/aromatic N) is 2. The number of aromatic nitrogens is 1. The number of hydrogen-bond donors (Lipinski definition) is 1. The first-order chi connectivity index (χ1) is 15.5. The Morgan fingerprint density at radius 3 is 2.62 bits per heavy atom. The average molecular weight is 460 g/mol. The number of likely N-dealkylation sites (tertiary alicyclic amines) is 1. The summed E-state index contributed by atoms with van der Waals surface area (Å²) in [5.74, 6) is -0.707. The van der Waals surface area contributed by atoms with E-state index in [0.717, 1.165) is 68.1 Å². The molecule has 1 atom stereocenters. The van der Waals surface area contributed by atoms with Gasteiger partial charge in [0.15, 0.2) is 5.69 Å². The first kappa shape index (κ1) is 22.8. The predicted octanol–water partition coefficient (Wildman–Crippen LogP) is 4.51. The Labute approximate surface area is 193 Å². The number of esters is 1. The van der Waals surface area contributed by atoms with Gasteiger partial charge in [0.1, 0.15) is 11.4 Å². The second-order valence-corrected chi connectivity index (χ2v) is 9.83. The van der Waals surface area contributed by atoms with E-state index in [1.807, 2.05) is 9.47 Å². The first-order valence-corrected chi connectivity index (χ1v) is 12.7. The molecule has 2 aliphatic rings. The standard InChI is InChI=1S/C24H33N3O4S/c1-4-16-10-8-9-13-26(16)19(29)14-27-22(24(30)31-5-2)21(25-15(3)28)20-17-11-6-7-12-18(17)32-23(20)27/h16H,4-14H2,1-3H3,(H,25,28). The summed E-state index contributed by atoms with van der Waals surface area (Å²) in [6.45, 7) is 6.40. The fraction of sp³-hybridized carbons (Fsp3) is 0.625. The molecule has 1 fully saturated rings. The molecule has 2 aromatic heterocycles. The van der Waals surface area contributed by atoms with E-state index in [9.17, 15) is 14.4 Å². The molecule has 0 spiro atoms. The normalized spacial score (nSPS) is 18.5. The first-order valence-electron chi connectivity index (χ1n) is 11.9. The van der Waals surface area contributed by atoms with Crippen LogP contribution in [0.5, 0.6) is 0 Å². The smallest absolute Gasteiger partial charge is 0.357 e. The van der Waals surface area contributed by atoms with Crippen LogP contribution in [0.1, 0.15) is 80.2 Å². The van der Waals surface area contributed by atoms with Gasteiger partial charge < -0.3 is 19.5 Å². The Kier molecular flexibility index (Phi) is 6.88. The topological polar surface area (TPSA) is 80.6 Å². The maximum atomic E-state index is 13.5. The molecular weight excluding hydrogens is 426 g/mol. The predicted molar refractivity (Wildman–Crippen MR) is 126 cm³/mol. The van der Waals surface area contributed by atoms with Gasteiger partial charge in [-0.2, -0.15) is 0 Å². The molecule has 0 radical (unpaired) electrons. The number of anilines is 1. The number of nitrogens with one attached hydrogen (secondary N) is 1. The number of hydrogen-bond acceptors (Lipinski definition) is 5. The summed E-state index contributed by atoms with van der Waals surface area (Å²) >= 11 is 1.65. The Morgan fingerprint density at radius 1 is 1.12 bits per heavy atom. The Balaban J connectivity index is 1.84. The lowest BCUT2D eigenvalue weighted by Crippen LogP contribution is -2.45. The molecule has 0 bridgehead atoms. The number of thiophene rings is 1. The molecule has 1 N–H and O–H groups in total. The fourth-order valence-electron chi connectivity index (χ4n) is 5.19. The van der Waals surface area contributed by atoms with E-state index >= 15 is 0 Å². The highest BCUT2D eigenvalue weighted by Gasteiger charge is 2.33. The maximum Gasteiger partial charge on any atom is 0.357 e. The van der Waals surface area contributed by atoms with Crippen molar-refractivity contribution in [2.24, 2.45) is 0 Å². The van der Waals surface area contributed by atoms with Crippen LogP contribution in [-0.4, -0.2) is 46.4 Å². The monoisotopic (exact) mass is 459 g/mol. The van der Waals surface area contributed by atoms with Crippen LogP contribution in [0, 0.1) is 0 Å². The SMILES string of the molecule is CCOC(=O)c1c(NC(C)=O)c2c3c(sc2n1CC(=O)N1CCCCC1CC)CCCC3. The van der Waals surface area contributed by atoms with Gasteiger partial charge in [-0.25, -0.2) is 4.79 Å². The summed E-state index contributed by atoms with van der Waals surface area (Å²) in [6.07, 6.45) is 8.27. The van der Waals surface area contributed by atoms with E-state index in [4.69, 9.17) is 4.74 Å². The molecule has 1 aliphatic carbocycles. The average Bonchev–Trinajstić information content (AvgIpc) is 3.29. The van der Waals surface area contributed by atoms with Gasteiger partial charge in [0, 0.05) is 29.8 Å². The van der Waals surface area contributed by atoms with Crippen molar-refractivity contribution in [1.82, 2.24) is 9.47 Å². The van der Waals surface area contributed by atoms with Crippen LogP contribution in [0.2, 0.25) is 0 Å². The van der Waals surface area contributed by atoms with Gasteiger partial charge in [-0.1, -0.05) is 6.92 Å². The van der Waals surface area contributed by atoms with Crippen molar-refractivity contribution in [3.63, 3.8) is 0 Å². The van der Waals surface area contributed by atoms with Crippen molar-refractivity contribution in [2.45, 2.75) is 84.7 Å². The van der Waals surface area contributed by atoms with Crippen LogP contribution >= 0.6 is 11.3 Å². The van der Waals surface area contributed by atoms with E-state index in [1.165, 1.54) is 17.4 Å². The van der Waals surface area contributed by atoms with Gasteiger partial charge in [0.25, 0.3) is 0 Å². The number of rotatable bonds is 6. The second-order valence-electron chi connectivity index (χ2n) is 8.75. The van der Waals surface area contributed by atoms with Gasteiger partial charge in [0.05, 0.1) is 12.3 Å². The fourth-order valence-corrected chi connectivity index (χ4v) is 6.59. The van der Waals surface area contributed by atoms with Gasteiger partial charge in [-0.15, -0.1) is 11.3 Å². The van der Waals surface area contributed by atoms with Gasteiger partial charge >= 0.3 is 5.97 Å². The minimum absolute atomic E-state index is 0.0275. The highest BCUT2D eigenvalue weighted by atomic mass is 32.1. The Morgan fingerprint density at radius 2 is 1.91 bits per heavy atom. The zero-order valence-corrected chi connectivity index (χ0v) is 20.1. The van der Waals surface area contributed by atoms with Crippen LogP contribution in [0.25, 0.3) is 10.2 Å². The molecular formula is C24H33N3O4S. The van der Waals surface area contributed by atoms with E-state index in [1.54, 1.807) is 18.3 Å². The lowest BCUT2D eigenvalue weighted by Gasteiger charge is -2.35. The van der Waals surface area contributed by atoms with Crippen LogP contribution in [0.3, 0.4) is 0 Å². The summed E-state index contributed by atoms with van der Waals surface area (Å²) < 4.78 is 7.18. The van der Waals surface area contributed by atoms with Gasteiger partial charge in [-0.3, -0.25) is 9.59 Å². The third-order valence-electron chi connectivity index (χ3n) is 6.64. The molecule has 2 amide bonds. The molecule has 1 saturated heterocycles. The lowest BCUT2D eigenvalue weighted by atomic mass is 9.96. The number of amides is 2. The Hall–Kier alpha value is -2.35. The lowest BCUT2D eigenvalue weighted by molar-refractivity contribution is -0.135. The van der Waals surface area contributed by atoms with Crippen LogP contribution in [-0.2, 0) is 33.7 Å². The number of carbonyl (C=O) groups excluding carboxylic acids is 3. The summed E-state index contributed by atoms with van der Waals surface area (Å²) in [6, 6.07) is 0.250. The number of piperidine rings is 1. The largest absolute Gasteiger partial charge is 0.461 e. The van der Waals surface area contributed by atoms with E-state index in [0.29, 0.717) is 5.69 Å². The second kappa shape index (κ2) is 9.65. The minimum atomic E-state index is -0.498. The van der Waals surface area contributed by atoms with Gasteiger partial charge in [0.2, 0.25) is 11.8 Å². The molecule has 8 heteroatoms. The third kappa shape index (κ3) is 4.17. The Bertz CT molecular complexity index is 1040. The third-order valence-corrected chi connectivity index (χ3v) is 7.95. The molecule has 1 aliphatic heterocycles. The van der Waals surface area contributed by atoms with E-state index in [-0.39, 0.29) is 36.7 Å². The van der Waals surface area contributed by atoms with Crippen molar-refractivity contribution < 1.29 is 19.1 Å². The van der Waals surface area contributed by atoms with Crippen molar-refractivity contribution >= 4 is 45.0 Å². The molecule has 4 rings (SSSR count). The van der Waals surface area contributed by atoms with E-state index < -0.39 is 5.97 Å². The van der Waals surface area contributed by atoms with Crippen molar-refractivity contribution in [1.29, 1.82) is 0 Å². The number of ether oxygens (including phenoxy) is 1. The van der Waals surface area contributed by atoms with Crippen LogP contribution < -0.4 is 5.32 Å². The summed E-state index contributed by atoms with van der Waals surface area (Å²) in [5, 5.41) is 3.82. The summed E-state index contributed by atoms with van der Waals surface area (Å²) in [4.78, 5) is 42.8. The molecule has 3 heterocycles. The molecule has 2 aromatic rings. The van der Waals surface area contributed by atoms with E-state index in [2.05, 4.69) is 12.2 Å². The zero-order valence-electron chi connectivity index (χ0n) is 19.3. The molecule has 1 unspecified atom stereocenters. The minimum Gasteiger partial charge on any atom is -0.461 e. The molecule has 0 saturated carbocycles. The highest BCUT2D eigenvalue weighted by molar-refractivity contribution is 7.19. The molecule has 174 valence electrons. The van der Waals surface area contributed by atoms with Crippen LogP contribution in [0.4, 0.5) is 5.69 Å². The summed E-state index contributed by atoms with van der Waals surface area (Å²) in [7, 11) is 0. The molecule has 32 heavy (non-hydrogen) atoms. The zero-order chi connectivity index (χ0) is 22.8. The van der Waals surface area contributed by atoms with Crippen LogP contribution in [0.15, 0.2) is 0 Å². The highest BCUT2D eigenvalue weighted by Crippen LogP contribution is 2.44. The molecule has 0 aromatic carbocycles. The van der Waals surface area contributed by atoms with Gasteiger partial charge in [-0.05, 0) is 63.9 Å². The quantitative estimate of drug-likeness (QED) is 0.645.